The third kappa shape index (κ3) is 5.90. The van der Waals surface area contributed by atoms with E-state index in [4.69, 9.17) is 0 Å². The summed E-state index contributed by atoms with van der Waals surface area (Å²) in [6.45, 7) is 3.83. The van der Waals surface area contributed by atoms with E-state index in [2.05, 4.69) is 16.2 Å². The lowest BCUT2D eigenvalue weighted by atomic mass is 10.1. The summed E-state index contributed by atoms with van der Waals surface area (Å²) in [5, 5.41) is 13.3. The number of carbonyl (C=O) groups is 3. The number of nitrogens with one attached hydrogen (secondary N) is 3. The molecule has 2 rings (SSSR count). The highest BCUT2D eigenvalue weighted by Crippen LogP contribution is 2.16. The molecule has 0 heterocycles. The Morgan fingerprint density at radius 1 is 0.929 bits per heavy atom. The van der Waals surface area contributed by atoms with Crippen molar-refractivity contribution in [1.29, 1.82) is 0 Å². The zero-order valence-electron chi connectivity index (χ0n) is 15.4. The molecule has 28 heavy (non-hydrogen) atoms. The molecule has 0 unspecified atom stereocenters. The van der Waals surface area contributed by atoms with E-state index in [0.29, 0.717) is 5.69 Å². The van der Waals surface area contributed by atoms with Crippen molar-refractivity contribution in [3.63, 3.8) is 0 Å². The van der Waals surface area contributed by atoms with Crippen LogP contribution in [0, 0.1) is 24.0 Å². The zero-order valence-corrected chi connectivity index (χ0v) is 15.4. The molecule has 0 bridgehead atoms. The minimum atomic E-state index is -0.622. The van der Waals surface area contributed by atoms with Gasteiger partial charge in [-0.2, -0.15) is 0 Å². The van der Waals surface area contributed by atoms with Gasteiger partial charge < -0.3 is 5.32 Å². The van der Waals surface area contributed by atoms with E-state index in [-0.39, 0.29) is 30.0 Å². The number of anilines is 1. The van der Waals surface area contributed by atoms with Crippen molar-refractivity contribution in [2.45, 2.75) is 26.7 Å². The summed E-state index contributed by atoms with van der Waals surface area (Å²) in [5.41, 5.74) is 7.10. The van der Waals surface area contributed by atoms with Crippen LogP contribution in [0.1, 0.15) is 34.3 Å². The Balaban J connectivity index is 1.76. The molecular weight excluding hydrogens is 364 g/mol. The summed E-state index contributed by atoms with van der Waals surface area (Å²) in [4.78, 5) is 45.7. The van der Waals surface area contributed by atoms with Gasteiger partial charge in [-0.1, -0.05) is 17.7 Å². The highest BCUT2D eigenvalue weighted by atomic mass is 16.6. The number of nitro benzene ring substituents is 1. The van der Waals surface area contributed by atoms with E-state index in [1.807, 2.05) is 26.0 Å². The average Bonchev–Trinajstić information content (AvgIpc) is 2.66. The fourth-order valence-electron chi connectivity index (χ4n) is 2.39. The number of non-ortho nitro benzene ring substituents is 1. The van der Waals surface area contributed by atoms with Gasteiger partial charge in [-0.15, -0.1) is 0 Å². The molecule has 0 aliphatic rings. The van der Waals surface area contributed by atoms with Crippen molar-refractivity contribution in [3.05, 3.63) is 69.3 Å². The molecule has 146 valence electrons. The Kier molecular flexibility index (Phi) is 6.80. The SMILES string of the molecule is Cc1ccc(NC(=O)CCC(=O)NNC(=O)c2ccc([N+](=O)[O-])cc2)c(C)c1. The fraction of sp³-hybridized carbons (Fsp3) is 0.211. The predicted octanol–water partition coefficient (Wildman–Crippen LogP) is 2.39. The van der Waals surface area contributed by atoms with Gasteiger partial charge in [-0.25, -0.2) is 0 Å². The number of nitrogens with zero attached hydrogens (tertiary/aromatic N) is 1. The summed E-state index contributed by atoms with van der Waals surface area (Å²) in [7, 11) is 0. The second-order valence-corrected chi connectivity index (χ2v) is 6.17. The van der Waals surface area contributed by atoms with E-state index in [0.717, 1.165) is 11.1 Å². The lowest BCUT2D eigenvalue weighted by molar-refractivity contribution is -0.384. The number of rotatable bonds is 6. The minimum Gasteiger partial charge on any atom is -0.326 e. The lowest BCUT2D eigenvalue weighted by Gasteiger charge is -2.10. The number of amides is 3. The van der Waals surface area contributed by atoms with Crippen LogP contribution in [0.15, 0.2) is 42.5 Å². The van der Waals surface area contributed by atoms with Crippen molar-refractivity contribution in [2.75, 3.05) is 5.32 Å². The van der Waals surface area contributed by atoms with Crippen molar-refractivity contribution in [3.8, 4) is 0 Å². The van der Waals surface area contributed by atoms with Crippen LogP contribution < -0.4 is 16.2 Å². The highest BCUT2D eigenvalue weighted by Gasteiger charge is 2.12. The molecule has 0 spiro atoms. The summed E-state index contributed by atoms with van der Waals surface area (Å²) < 4.78 is 0. The first-order valence-electron chi connectivity index (χ1n) is 8.47. The molecule has 0 saturated heterocycles. The predicted molar refractivity (Wildman–Crippen MR) is 102 cm³/mol. The maximum Gasteiger partial charge on any atom is 0.269 e. The first kappa shape index (κ1) is 20.6. The number of nitro groups is 1. The van der Waals surface area contributed by atoms with Gasteiger partial charge in [0.15, 0.2) is 0 Å². The van der Waals surface area contributed by atoms with Gasteiger partial charge in [0.2, 0.25) is 11.8 Å². The summed E-state index contributed by atoms with van der Waals surface area (Å²) in [5.74, 6) is -1.47. The van der Waals surface area contributed by atoms with E-state index in [1.165, 1.54) is 24.3 Å². The molecule has 0 aliphatic carbocycles. The molecule has 9 heteroatoms. The van der Waals surface area contributed by atoms with Gasteiger partial charge in [-0.05, 0) is 37.6 Å². The first-order valence-corrected chi connectivity index (χ1v) is 8.47. The molecule has 0 aromatic heterocycles. The van der Waals surface area contributed by atoms with E-state index >= 15 is 0 Å². The summed E-state index contributed by atoms with van der Waals surface area (Å²) in [6, 6.07) is 10.5. The molecule has 3 N–H and O–H groups in total. The Bertz CT molecular complexity index is 909. The van der Waals surface area contributed by atoms with Gasteiger partial charge in [0.1, 0.15) is 0 Å². The van der Waals surface area contributed by atoms with Gasteiger partial charge >= 0.3 is 0 Å². The highest BCUT2D eigenvalue weighted by molar-refractivity contribution is 5.96. The van der Waals surface area contributed by atoms with Crippen LogP contribution in [0.4, 0.5) is 11.4 Å². The van der Waals surface area contributed by atoms with Crippen LogP contribution in [0.3, 0.4) is 0 Å². The van der Waals surface area contributed by atoms with Crippen molar-refractivity contribution in [2.24, 2.45) is 0 Å². The van der Waals surface area contributed by atoms with Gasteiger partial charge in [0.25, 0.3) is 11.6 Å². The second kappa shape index (κ2) is 9.26. The maximum atomic E-state index is 12.0. The number of hydrogen-bond acceptors (Lipinski definition) is 5. The second-order valence-electron chi connectivity index (χ2n) is 6.17. The third-order valence-electron chi connectivity index (χ3n) is 3.89. The number of benzene rings is 2. The fourth-order valence-corrected chi connectivity index (χ4v) is 2.39. The van der Waals surface area contributed by atoms with Gasteiger partial charge in [0, 0.05) is 36.2 Å². The van der Waals surface area contributed by atoms with Gasteiger partial charge in [-0.3, -0.25) is 35.3 Å². The van der Waals surface area contributed by atoms with E-state index in [1.54, 1.807) is 6.07 Å². The first-order chi connectivity index (χ1) is 13.3. The van der Waals surface area contributed by atoms with Gasteiger partial charge in [0.05, 0.1) is 4.92 Å². The van der Waals surface area contributed by atoms with Crippen LogP contribution >= 0.6 is 0 Å². The molecule has 9 nitrogen and oxygen atoms in total. The normalized spacial score (nSPS) is 10.1. The summed E-state index contributed by atoms with van der Waals surface area (Å²) in [6.07, 6.45) is -0.163. The molecule has 0 atom stereocenters. The smallest absolute Gasteiger partial charge is 0.269 e. The van der Waals surface area contributed by atoms with E-state index < -0.39 is 16.7 Å². The Morgan fingerprint density at radius 3 is 2.18 bits per heavy atom. The number of carbonyl (C=O) groups excluding carboxylic acids is 3. The van der Waals surface area contributed by atoms with E-state index in [9.17, 15) is 24.5 Å². The molecule has 0 fully saturated rings. The molecular formula is C19H20N4O5. The Labute approximate surface area is 161 Å². The molecule has 2 aromatic carbocycles. The van der Waals surface area contributed by atoms with Crippen LogP contribution in [0.2, 0.25) is 0 Å². The molecule has 0 radical (unpaired) electrons. The van der Waals surface area contributed by atoms with Crippen LogP contribution in [-0.2, 0) is 9.59 Å². The van der Waals surface area contributed by atoms with Crippen molar-refractivity contribution < 1.29 is 19.3 Å². The largest absolute Gasteiger partial charge is 0.326 e. The van der Waals surface area contributed by atoms with Crippen molar-refractivity contribution >= 4 is 29.1 Å². The molecule has 0 aliphatic heterocycles. The quantitative estimate of drug-likeness (QED) is 0.520. The zero-order chi connectivity index (χ0) is 20.7. The standard InChI is InChI=1S/C19H20N4O5/c1-12-3-8-16(13(2)11-12)20-17(24)9-10-18(25)21-22-19(26)14-4-6-15(7-5-14)23(27)28/h3-8,11H,9-10H2,1-2H3,(H,20,24)(H,21,25)(H,22,26). The van der Waals surface area contributed by atoms with Crippen molar-refractivity contribution in [1.82, 2.24) is 10.9 Å². The average molecular weight is 384 g/mol. The number of aryl methyl sites for hydroxylation is 2. The topological polar surface area (TPSA) is 130 Å². The molecule has 2 aromatic rings. The lowest BCUT2D eigenvalue weighted by Crippen LogP contribution is -2.41. The van der Waals surface area contributed by atoms with Crippen LogP contribution in [0.5, 0.6) is 0 Å². The maximum absolute atomic E-state index is 12.0. The minimum absolute atomic E-state index is 0.0491. The number of hydrogen-bond donors (Lipinski definition) is 3. The number of hydrazine groups is 1. The molecule has 0 saturated carbocycles. The monoisotopic (exact) mass is 384 g/mol. The third-order valence-corrected chi connectivity index (χ3v) is 3.89. The Hall–Kier alpha value is -3.75. The Morgan fingerprint density at radius 2 is 1.57 bits per heavy atom. The van der Waals surface area contributed by atoms with Crippen LogP contribution in [0.25, 0.3) is 0 Å². The van der Waals surface area contributed by atoms with Crippen LogP contribution in [-0.4, -0.2) is 22.6 Å². The summed E-state index contributed by atoms with van der Waals surface area (Å²) >= 11 is 0. The molecule has 3 amide bonds.